The molecular formula is C16H27N3OS. The molecule has 1 aromatic carbocycles. The van der Waals surface area contributed by atoms with Crippen LogP contribution in [-0.2, 0) is 16.6 Å². The Balaban J connectivity index is 2.29. The lowest BCUT2D eigenvalue weighted by atomic mass is 10.2. The summed E-state index contributed by atoms with van der Waals surface area (Å²) in [5.74, 6) is 2.13. The molecule has 0 aliphatic heterocycles. The molecule has 21 heavy (non-hydrogen) atoms. The third-order valence-corrected chi connectivity index (χ3v) is 4.52. The van der Waals surface area contributed by atoms with Gasteiger partial charge in [0.25, 0.3) is 0 Å². The third kappa shape index (κ3) is 7.27. The second-order valence-corrected chi connectivity index (χ2v) is 6.60. The minimum atomic E-state index is -0.844. The van der Waals surface area contributed by atoms with Gasteiger partial charge in [-0.2, -0.15) is 0 Å². The Morgan fingerprint density at radius 1 is 1.33 bits per heavy atom. The summed E-state index contributed by atoms with van der Waals surface area (Å²) in [6.45, 7) is 3.85. The van der Waals surface area contributed by atoms with E-state index < -0.39 is 10.8 Å². The number of benzene rings is 1. The van der Waals surface area contributed by atoms with Gasteiger partial charge < -0.3 is 10.2 Å². The second-order valence-electron chi connectivity index (χ2n) is 5.02. The van der Waals surface area contributed by atoms with Crippen LogP contribution in [0, 0.1) is 0 Å². The summed E-state index contributed by atoms with van der Waals surface area (Å²) < 4.78 is 12.0. The van der Waals surface area contributed by atoms with E-state index in [1.54, 1.807) is 7.05 Å². The fourth-order valence-electron chi connectivity index (χ4n) is 1.99. The molecule has 0 aliphatic carbocycles. The van der Waals surface area contributed by atoms with Crippen molar-refractivity contribution >= 4 is 16.8 Å². The number of aliphatic imine (C=N–C) groups is 1. The summed E-state index contributed by atoms with van der Waals surface area (Å²) in [4.78, 5) is 6.37. The lowest BCUT2D eigenvalue weighted by Crippen LogP contribution is -2.40. The molecule has 0 saturated carbocycles. The van der Waals surface area contributed by atoms with Crippen LogP contribution >= 0.6 is 0 Å². The average Bonchev–Trinajstić information content (AvgIpc) is 2.50. The monoisotopic (exact) mass is 309 g/mol. The van der Waals surface area contributed by atoms with E-state index in [2.05, 4.69) is 22.1 Å². The fourth-order valence-corrected chi connectivity index (χ4v) is 3.03. The topological polar surface area (TPSA) is 44.7 Å². The number of nitrogens with one attached hydrogen (secondary N) is 1. The first kappa shape index (κ1) is 17.7. The molecule has 118 valence electrons. The van der Waals surface area contributed by atoms with Crippen molar-refractivity contribution in [2.24, 2.45) is 4.99 Å². The number of hydrogen-bond donors (Lipinski definition) is 1. The Labute approximate surface area is 131 Å². The van der Waals surface area contributed by atoms with Crippen LogP contribution in [0.1, 0.15) is 25.3 Å². The van der Waals surface area contributed by atoms with E-state index in [0.29, 0.717) is 18.1 Å². The molecule has 1 atom stereocenters. The standard InChI is InChI=1S/C16H27N3OS/c1-4-5-12-19(3)16(17-2)18-11-13-21(20)14-15-9-7-6-8-10-15/h6-10H,4-5,11-14H2,1-3H3,(H,17,18). The van der Waals surface area contributed by atoms with Gasteiger partial charge in [-0.05, 0) is 12.0 Å². The van der Waals surface area contributed by atoms with Crippen molar-refractivity contribution in [3.05, 3.63) is 35.9 Å². The Morgan fingerprint density at radius 3 is 2.67 bits per heavy atom. The molecule has 0 bridgehead atoms. The Kier molecular flexibility index (Phi) is 8.74. The van der Waals surface area contributed by atoms with E-state index >= 15 is 0 Å². The first-order valence-corrected chi connectivity index (χ1v) is 8.96. The first-order chi connectivity index (χ1) is 10.2. The molecule has 1 unspecified atom stereocenters. The number of guanidine groups is 1. The molecule has 0 amide bonds. The summed E-state index contributed by atoms with van der Waals surface area (Å²) in [5, 5.41) is 3.28. The van der Waals surface area contributed by atoms with Gasteiger partial charge in [-0.15, -0.1) is 0 Å². The second kappa shape index (κ2) is 10.4. The summed E-state index contributed by atoms with van der Waals surface area (Å²) >= 11 is 0. The van der Waals surface area contributed by atoms with Gasteiger partial charge in [0.05, 0.1) is 0 Å². The lowest BCUT2D eigenvalue weighted by Gasteiger charge is -2.21. The van der Waals surface area contributed by atoms with E-state index in [1.807, 2.05) is 37.4 Å². The molecule has 0 fully saturated rings. The molecule has 0 spiro atoms. The van der Waals surface area contributed by atoms with Gasteiger partial charge in [0.2, 0.25) is 0 Å². The molecule has 0 saturated heterocycles. The quantitative estimate of drug-likeness (QED) is 0.592. The smallest absolute Gasteiger partial charge is 0.193 e. The van der Waals surface area contributed by atoms with Crippen LogP contribution in [0.3, 0.4) is 0 Å². The highest BCUT2D eigenvalue weighted by atomic mass is 32.2. The third-order valence-electron chi connectivity index (χ3n) is 3.20. The van der Waals surface area contributed by atoms with Crippen LogP contribution in [0.25, 0.3) is 0 Å². The van der Waals surface area contributed by atoms with Gasteiger partial charge in [0.1, 0.15) is 0 Å². The van der Waals surface area contributed by atoms with E-state index in [-0.39, 0.29) is 0 Å². The average molecular weight is 309 g/mol. The number of nitrogens with zero attached hydrogens (tertiary/aromatic N) is 2. The van der Waals surface area contributed by atoms with E-state index in [4.69, 9.17) is 0 Å². The fraction of sp³-hybridized carbons (Fsp3) is 0.562. The summed E-state index contributed by atoms with van der Waals surface area (Å²) in [7, 11) is 2.97. The van der Waals surface area contributed by atoms with Crippen molar-refractivity contribution in [1.82, 2.24) is 10.2 Å². The van der Waals surface area contributed by atoms with Gasteiger partial charge in [-0.25, -0.2) is 0 Å². The molecule has 1 N–H and O–H groups in total. The molecule has 0 aliphatic rings. The van der Waals surface area contributed by atoms with Gasteiger partial charge in [0.15, 0.2) is 5.96 Å². The molecule has 0 radical (unpaired) electrons. The molecule has 4 nitrogen and oxygen atoms in total. The molecular weight excluding hydrogens is 282 g/mol. The van der Waals surface area contributed by atoms with Crippen molar-refractivity contribution in [2.45, 2.75) is 25.5 Å². The minimum Gasteiger partial charge on any atom is -0.355 e. The lowest BCUT2D eigenvalue weighted by molar-refractivity contribution is 0.466. The Bertz CT molecular complexity index is 448. The maximum Gasteiger partial charge on any atom is 0.193 e. The van der Waals surface area contributed by atoms with Crippen molar-refractivity contribution in [1.29, 1.82) is 0 Å². The van der Waals surface area contributed by atoms with Crippen LogP contribution in [-0.4, -0.2) is 48.0 Å². The highest BCUT2D eigenvalue weighted by Crippen LogP contribution is 2.02. The summed E-state index contributed by atoms with van der Waals surface area (Å²) in [5.41, 5.74) is 1.13. The predicted octanol–water partition coefficient (Wildman–Crippen LogP) is 2.24. The molecule has 0 aromatic heterocycles. The minimum absolute atomic E-state index is 0.618. The first-order valence-electron chi connectivity index (χ1n) is 7.48. The van der Waals surface area contributed by atoms with Crippen molar-refractivity contribution < 1.29 is 4.21 Å². The Morgan fingerprint density at radius 2 is 2.05 bits per heavy atom. The molecule has 1 aromatic rings. The normalized spacial score (nSPS) is 13.0. The number of hydrogen-bond acceptors (Lipinski definition) is 2. The van der Waals surface area contributed by atoms with Gasteiger partial charge >= 0.3 is 0 Å². The zero-order chi connectivity index (χ0) is 15.5. The Hall–Kier alpha value is -1.36. The van der Waals surface area contributed by atoms with Gasteiger partial charge in [-0.1, -0.05) is 43.7 Å². The van der Waals surface area contributed by atoms with Gasteiger partial charge in [0, 0.05) is 49.5 Å². The van der Waals surface area contributed by atoms with Crippen molar-refractivity contribution in [3.8, 4) is 0 Å². The molecule has 5 heteroatoms. The molecule has 1 rings (SSSR count). The zero-order valence-electron chi connectivity index (χ0n) is 13.3. The maximum absolute atomic E-state index is 12.0. The van der Waals surface area contributed by atoms with Crippen LogP contribution < -0.4 is 5.32 Å². The number of rotatable bonds is 8. The molecule has 0 heterocycles. The summed E-state index contributed by atoms with van der Waals surface area (Å²) in [6, 6.07) is 9.97. The maximum atomic E-state index is 12.0. The van der Waals surface area contributed by atoms with Crippen LogP contribution in [0.4, 0.5) is 0 Å². The van der Waals surface area contributed by atoms with Gasteiger partial charge in [-0.3, -0.25) is 9.20 Å². The van der Waals surface area contributed by atoms with Crippen LogP contribution in [0.2, 0.25) is 0 Å². The largest absolute Gasteiger partial charge is 0.355 e. The van der Waals surface area contributed by atoms with Crippen molar-refractivity contribution in [3.63, 3.8) is 0 Å². The SMILES string of the molecule is CCCCN(C)C(=NC)NCCS(=O)Cc1ccccc1. The van der Waals surface area contributed by atoms with E-state index in [1.165, 1.54) is 6.42 Å². The summed E-state index contributed by atoms with van der Waals surface area (Å²) in [6.07, 6.45) is 2.32. The van der Waals surface area contributed by atoms with Crippen LogP contribution in [0.15, 0.2) is 35.3 Å². The van der Waals surface area contributed by atoms with E-state index in [9.17, 15) is 4.21 Å². The zero-order valence-corrected chi connectivity index (χ0v) is 14.2. The number of unbranched alkanes of at least 4 members (excludes halogenated alkanes) is 1. The van der Waals surface area contributed by atoms with Crippen molar-refractivity contribution in [2.75, 3.05) is 32.9 Å². The van der Waals surface area contributed by atoms with Crippen LogP contribution in [0.5, 0.6) is 0 Å². The van der Waals surface area contributed by atoms with E-state index in [0.717, 1.165) is 24.5 Å². The highest BCUT2D eigenvalue weighted by Gasteiger charge is 2.06. The highest BCUT2D eigenvalue weighted by molar-refractivity contribution is 7.84. The predicted molar refractivity (Wildman–Crippen MR) is 92.1 cm³/mol.